The SMILES string of the molecule is C=CCN1C(=O)N[C@H](c2cccc(Cl)c2)C2=C1CN(CC(=O)N(C)C(C)C)C2=O. The quantitative estimate of drug-likeness (QED) is 0.724. The molecule has 154 valence electrons. The predicted octanol–water partition coefficient (Wildman–Crippen LogP) is 2.56. The van der Waals surface area contributed by atoms with Gasteiger partial charge in [0.15, 0.2) is 0 Å². The first kappa shape index (κ1) is 20.9. The highest BCUT2D eigenvalue weighted by atomic mass is 35.5. The summed E-state index contributed by atoms with van der Waals surface area (Å²) in [6.07, 6.45) is 1.61. The summed E-state index contributed by atoms with van der Waals surface area (Å²) in [6, 6.07) is 6.16. The Labute approximate surface area is 175 Å². The highest BCUT2D eigenvalue weighted by Gasteiger charge is 2.44. The maximum Gasteiger partial charge on any atom is 0.322 e. The molecule has 7 nitrogen and oxygen atoms in total. The van der Waals surface area contributed by atoms with Gasteiger partial charge in [-0.05, 0) is 31.5 Å². The molecule has 29 heavy (non-hydrogen) atoms. The molecule has 0 spiro atoms. The minimum Gasteiger partial charge on any atom is -0.342 e. The average molecular weight is 417 g/mol. The number of carbonyl (C=O) groups excluding carboxylic acids is 3. The Morgan fingerprint density at radius 3 is 2.76 bits per heavy atom. The van der Waals surface area contributed by atoms with Crippen molar-refractivity contribution in [2.24, 2.45) is 0 Å². The molecule has 2 aliphatic rings. The summed E-state index contributed by atoms with van der Waals surface area (Å²) in [6.45, 7) is 7.95. The van der Waals surface area contributed by atoms with Gasteiger partial charge in [0.25, 0.3) is 5.91 Å². The van der Waals surface area contributed by atoms with Gasteiger partial charge in [0.1, 0.15) is 6.54 Å². The first-order chi connectivity index (χ1) is 13.7. The molecule has 0 aliphatic carbocycles. The molecule has 0 unspecified atom stereocenters. The van der Waals surface area contributed by atoms with Crippen molar-refractivity contribution >= 4 is 29.4 Å². The van der Waals surface area contributed by atoms with Crippen molar-refractivity contribution in [2.45, 2.75) is 25.9 Å². The zero-order chi connectivity index (χ0) is 21.3. The minimum absolute atomic E-state index is 0.0301. The normalized spacial score (nSPS) is 18.9. The Balaban J connectivity index is 1.95. The highest BCUT2D eigenvalue weighted by molar-refractivity contribution is 6.30. The molecule has 1 aromatic rings. The van der Waals surface area contributed by atoms with Crippen LogP contribution in [0.5, 0.6) is 0 Å². The van der Waals surface area contributed by atoms with Crippen molar-refractivity contribution in [3.8, 4) is 0 Å². The van der Waals surface area contributed by atoms with E-state index in [0.717, 1.165) is 5.56 Å². The average Bonchev–Trinajstić information content (AvgIpc) is 2.99. The van der Waals surface area contributed by atoms with Gasteiger partial charge in [0.05, 0.1) is 23.9 Å². The van der Waals surface area contributed by atoms with Crippen molar-refractivity contribution in [1.29, 1.82) is 0 Å². The van der Waals surface area contributed by atoms with Crippen molar-refractivity contribution in [1.82, 2.24) is 20.0 Å². The summed E-state index contributed by atoms with van der Waals surface area (Å²) in [5.41, 5.74) is 1.79. The van der Waals surface area contributed by atoms with Gasteiger partial charge >= 0.3 is 6.03 Å². The molecule has 0 aromatic heterocycles. The van der Waals surface area contributed by atoms with Crippen LogP contribution in [0, 0.1) is 0 Å². The van der Waals surface area contributed by atoms with Gasteiger partial charge in [0, 0.05) is 24.7 Å². The number of benzene rings is 1. The van der Waals surface area contributed by atoms with Crippen LogP contribution < -0.4 is 5.32 Å². The van der Waals surface area contributed by atoms with Crippen LogP contribution in [0.4, 0.5) is 4.79 Å². The molecule has 1 atom stereocenters. The molecule has 0 fully saturated rings. The second-order valence-electron chi connectivity index (χ2n) is 7.46. The van der Waals surface area contributed by atoms with Crippen LogP contribution >= 0.6 is 11.6 Å². The van der Waals surface area contributed by atoms with Crippen molar-refractivity contribution < 1.29 is 14.4 Å². The van der Waals surface area contributed by atoms with Crippen LogP contribution in [0.3, 0.4) is 0 Å². The molecule has 8 heteroatoms. The van der Waals surface area contributed by atoms with Gasteiger partial charge in [-0.3, -0.25) is 14.5 Å². The van der Waals surface area contributed by atoms with Crippen LogP contribution in [-0.4, -0.2) is 65.3 Å². The largest absolute Gasteiger partial charge is 0.342 e. The monoisotopic (exact) mass is 416 g/mol. The molecule has 0 radical (unpaired) electrons. The number of amides is 4. The van der Waals surface area contributed by atoms with E-state index < -0.39 is 6.04 Å². The molecule has 4 amide bonds. The number of halogens is 1. The molecule has 1 aromatic carbocycles. The van der Waals surface area contributed by atoms with Gasteiger partial charge in [-0.1, -0.05) is 29.8 Å². The Kier molecular flexibility index (Phi) is 5.98. The molecule has 0 saturated heterocycles. The van der Waals surface area contributed by atoms with Gasteiger partial charge in [-0.15, -0.1) is 6.58 Å². The number of hydrogen-bond donors (Lipinski definition) is 1. The summed E-state index contributed by atoms with van der Waals surface area (Å²) < 4.78 is 0. The van der Waals surface area contributed by atoms with E-state index in [4.69, 9.17) is 11.6 Å². The first-order valence-corrected chi connectivity index (χ1v) is 9.84. The molecule has 3 rings (SSSR count). The summed E-state index contributed by atoms with van der Waals surface area (Å²) in [4.78, 5) is 43.1. The van der Waals surface area contributed by atoms with Crippen molar-refractivity contribution in [3.05, 3.63) is 58.8 Å². The van der Waals surface area contributed by atoms with Gasteiger partial charge in [-0.25, -0.2) is 4.79 Å². The lowest BCUT2D eigenvalue weighted by atomic mass is 9.95. The van der Waals surface area contributed by atoms with E-state index in [-0.39, 0.29) is 43.5 Å². The smallest absolute Gasteiger partial charge is 0.322 e. The maximum atomic E-state index is 13.3. The first-order valence-electron chi connectivity index (χ1n) is 9.47. The lowest BCUT2D eigenvalue weighted by molar-refractivity contribution is -0.137. The van der Waals surface area contributed by atoms with Gasteiger partial charge < -0.3 is 15.1 Å². The number of nitrogens with one attached hydrogen (secondary N) is 1. The van der Waals surface area contributed by atoms with Crippen molar-refractivity contribution in [2.75, 3.05) is 26.7 Å². The van der Waals surface area contributed by atoms with Crippen LogP contribution in [0.2, 0.25) is 5.02 Å². The van der Waals surface area contributed by atoms with E-state index in [9.17, 15) is 14.4 Å². The topological polar surface area (TPSA) is 73.0 Å². The third-order valence-corrected chi connectivity index (χ3v) is 5.52. The Morgan fingerprint density at radius 2 is 2.14 bits per heavy atom. The third kappa shape index (κ3) is 4.00. The molecule has 1 N–H and O–H groups in total. The standard InChI is InChI=1S/C21H25ClN4O3/c1-5-9-26-16-11-25(12-17(27)24(4)13(2)3)20(28)18(16)19(23-21(26)29)14-7-6-8-15(22)10-14/h5-8,10,13,19H,1,9,11-12H2,2-4H3,(H,23,29)/t19-/m1/s1. The van der Waals surface area contributed by atoms with Crippen LogP contribution in [0.25, 0.3) is 0 Å². The second kappa shape index (κ2) is 8.29. The van der Waals surface area contributed by atoms with Crippen LogP contribution in [0.15, 0.2) is 48.2 Å². The number of hydrogen-bond acceptors (Lipinski definition) is 3. The number of nitrogens with zero attached hydrogens (tertiary/aromatic N) is 3. The summed E-state index contributed by atoms with van der Waals surface area (Å²) in [5, 5.41) is 3.41. The highest BCUT2D eigenvalue weighted by Crippen LogP contribution is 2.36. The summed E-state index contributed by atoms with van der Waals surface area (Å²) >= 11 is 6.12. The zero-order valence-corrected chi connectivity index (χ0v) is 17.6. The third-order valence-electron chi connectivity index (χ3n) is 5.28. The van der Waals surface area contributed by atoms with Crippen molar-refractivity contribution in [3.63, 3.8) is 0 Å². The van der Waals surface area contributed by atoms with E-state index in [2.05, 4.69) is 11.9 Å². The Bertz CT molecular complexity index is 896. The van der Waals surface area contributed by atoms with E-state index in [1.165, 1.54) is 9.80 Å². The van der Waals surface area contributed by atoms with Crippen LogP contribution in [-0.2, 0) is 9.59 Å². The Hall–Kier alpha value is -2.80. The number of carbonyl (C=O) groups is 3. The predicted molar refractivity (Wildman–Crippen MR) is 111 cm³/mol. The summed E-state index contributed by atoms with van der Waals surface area (Å²) in [7, 11) is 1.71. The van der Waals surface area contributed by atoms with Gasteiger partial charge in [0.2, 0.25) is 5.91 Å². The molecule has 0 saturated carbocycles. The molecule has 2 heterocycles. The second-order valence-corrected chi connectivity index (χ2v) is 7.89. The molecule has 0 bridgehead atoms. The van der Waals surface area contributed by atoms with E-state index >= 15 is 0 Å². The van der Waals surface area contributed by atoms with E-state index in [0.29, 0.717) is 16.3 Å². The molecule has 2 aliphatic heterocycles. The molecular weight excluding hydrogens is 392 g/mol. The number of likely N-dealkylation sites (N-methyl/N-ethyl adjacent to an activating group) is 1. The van der Waals surface area contributed by atoms with Gasteiger partial charge in [-0.2, -0.15) is 0 Å². The zero-order valence-electron chi connectivity index (χ0n) is 16.8. The Morgan fingerprint density at radius 1 is 1.41 bits per heavy atom. The fourth-order valence-corrected chi connectivity index (χ4v) is 3.70. The van der Waals surface area contributed by atoms with Crippen LogP contribution in [0.1, 0.15) is 25.5 Å². The number of urea groups is 1. The van der Waals surface area contributed by atoms with E-state index in [1.807, 2.05) is 19.9 Å². The van der Waals surface area contributed by atoms with E-state index in [1.54, 1.807) is 36.2 Å². The summed E-state index contributed by atoms with van der Waals surface area (Å²) in [5.74, 6) is -0.411. The lowest BCUT2D eigenvalue weighted by Crippen LogP contribution is -2.47. The fourth-order valence-electron chi connectivity index (χ4n) is 3.50. The number of rotatable bonds is 6. The maximum absolute atomic E-state index is 13.3. The minimum atomic E-state index is -0.618. The lowest BCUT2D eigenvalue weighted by Gasteiger charge is -2.33. The fraction of sp³-hybridized carbons (Fsp3) is 0.381. The molecular formula is C21H25ClN4O3.